The van der Waals surface area contributed by atoms with Gasteiger partial charge < -0.3 is 11.1 Å². The first-order valence-electron chi connectivity index (χ1n) is 9.02. The van der Waals surface area contributed by atoms with Crippen LogP contribution in [0.1, 0.15) is 24.8 Å². The molecule has 3 N–H and O–H groups in total. The molecule has 2 aliphatic rings. The number of halogens is 3. The second-order valence-corrected chi connectivity index (χ2v) is 6.85. The predicted molar refractivity (Wildman–Crippen MR) is 98.5 cm³/mol. The van der Waals surface area contributed by atoms with E-state index in [0.717, 1.165) is 44.5 Å². The number of likely N-dealkylation sites (tertiary alicyclic amines) is 1. The maximum Gasteiger partial charge on any atom is 0.416 e. The third kappa shape index (κ3) is 4.59. The van der Waals surface area contributed by atoms with Crippen molar-refractivity contribution in [3.05, 3.63) is 41.5 Å². The highest BCUT2D eigenvalue weighted by Gasteiger charge is 2.33. The third-order valence-electron chi connectivity index (χ3n) is 4.80. The van der Waals surface area contributed by atoms with Crippen molar-refractivity contribution >= 4 is 23.7 Å². The lowest BCUT2D eigenvalue weighted by Crippen LogP contribution is -2.44. The zero-order valence-corrected chi connectivity index (χ0v) is 15.1. The summed E-state index contributed by atoms with van der Waals surface area (Å²) in [5.74, 6) is -2.08. The van der Waals surface area contributed by atoms with Crippen molar-refractivity contribution in [2.24, 2.45) is 16.6 Å². The van der Waals surface area contributed by atoms with Crippen molar-refractivity contribution in [2.75, 3.05) is 18.4 Å². The van der Waals surface area contributed by atoms with E-state index in [1.54, 1.807) is 0 Å². The SMILES string of the molecule is NC(=O)C1C=NC(N2CCCCC2)C(C(=O)Nc2cccc(C(F)(F)F)c2)=C1. The number of nitrogens with two attached hydrogens (primary N) is 1. The number of anilines is 1. The van der Waals surface area contributed by atoms with Gasteiger partial charge in [-0.05, 0) is 31.0 Å². The standard InChI is InChI=1S/C19H21F3N4O2/c20-19(21,22)13-5-4-6-14(10-13)25-18(28)15-9-12(16(23)27)11-24-17(15)26-7-2-1-3-8-26/h4-6,9-12,17H,1-3,7-8H2,(H2,23,27)(H,25,28). The Kier molecular flexibility index (Phi) is 5.83. The average Bonchev–Trinajstić information content (AvgIpc) is 2.67. The van der Waals surface area contributed by atoms with Crippen molar-refractivity contribution in [1.29, 1.82) is 0 Å². The van der Waals surface area contributed by atoms with Gasteiger partial charge in [-0.1, -0.05) is 18.6 Å². The maximum atomic E-state index is 12.9. The van der Waals surface area contributed by atoms with Gasteiger partial charge in [0.2, 0.25) is 5.91 Å². The summed E-state index contributed by atoms with van der Waals surface area (Å²) in [6, 6.07) is 4.40. The summed E-state index contributed by atoms with van der Waals surface area (Å²) in [6.45, 7) is 1.49. The Labute approximate surface area is 160 Å². The van der Waals surface area contributed by atoms with Gasteiger partial charge in [-0.2, -0.15) is 13.2 Å². The highest BCUT2D eigenvalue weighted by molar-refractivity contribution is 6.07. The molecular weight excluding hydrogens is 373 g/mol. The molecule has 3 rings (SSSR count). The summed E-state index contributed by atoms with van der Waals surface area (Å²) in [5.41, 5.74) is 4.70. The van der Waals surface area contributed by atoms with Crippen LogP contribution in [0.25, 0.3) is 0 Å². The van der Waals surface area contributed by atoms with E-state index in [9.17, 15) is 22.8 Å². The van der Waals surface area contributed by atoms with E-state index in [1.807, 2.05) is 4.90 Å². The van der Waals surface area contributed by atoms with E-state index in [0.29, 0.717) is 0 Å². The lowest BCUT2D eigenvalue weighted by atomic mass is 9.98. The maximum absolute atomic E-state index is 12.9. The molecule has 28 heavy (non-hydrogen) atoms. The van der Waals surface area contributed by atoms with Gasteiger partial charge in [-0.3, -0.25) is 19.5 Å². The summed E-state index contributed by atoms with van der Waals surface area (Å²) in [6.07, 6.45) is 0.790. The third-order valence-corrected chi connectivity index (χ3v) is 4.80. The molecule has 2 heterocycles. The molecule has 2 atom stereocenters. The van der Waals surface area contributed by atoms with Crippen LogP contribution in [0, 0.1) is 5.92 Å². The number of carbonyl (C=O) groups is 2. The summed E-state index contributed by atoms with van der Waals surface area (Å²) in [4.78, 5) is 30.7. The number of hydrogen-bond acceptors (Lipinski definition) is 4. The molecule has 1 saturated heterocycles. The van der Waals surface area contributed by atoms with Crippen LogP contribution in [0.4, 0.5) is 18.9 Å². The van der Waals surface area contributed by atoms with E-state index in [1.165, 1.54) is 24.4 Å². The average molecular weight is 394 g/mol. The van der Waals surface area contributed by atoms with Crippen LogP contribution in [0.5, 0.6) is 0 Å². The molecule has 0 radical (unpaired) electrons. The van der Waals surface area contributed by atoms with Crippen LogP contribution in [-0.2, 0) is 15.8 Å². The molecule has 0 saturated carbocycles. The summed E-state index contributed by atoms with van der Waals surface area (Å²) >= 11 is 0. The predicted octanol–water partition coefficient (Wildman–Crippen LogP) is 2.57. The number of amides is 2. The molecule has 1 aromatic rings. The van der Waals surface area contributed by atoms with E-state index in [-0.39, 0.29) is 11.3 Å². The highest BCUT2D eigenvalue weighted by atomic mass is 19.4. The number of rotatable bonds is 4. The lowest BCUT2D eigenvalue weighted by Gasteiger charge is -2.34. The zero-order chi connectivity index (χ0) is 20.3. The molecule has 0 spiro atoms. The van der Waals surface area contributed by atoms with E-state index >= 15 is 0 Å². The number of aliphatic imine (C=N–C) groups is 1. The molecule has 1 fully saturated rings. The number of nitrogens with one attached hydrogen (secondary N) is 1. The van der Waals surface area contributed by atoms with Crippen molar-refractivity contribution in [1.82, 2.24) is 4.90 Å². The minimum absolute atomic E-state index is 0.0169. The van der Waals surface area contributed by atoms with Crippen molar-refractivity contribution in [2.45, 2.75) is 31.6 Å². The van der Waals surface area contributed by atoms with Crippen LogP contribution in [-0.4, -0.2) is 42.2 Å². The minimum Gasteiger partial charge on any atom is -0.369 e. The molecule has 2 unspecified atom stereocenters. The Balaban J connectivity index is 1.84. The van der Waals surface area contributed by atoms with Crippen LogP contribution in [0.3, 0.4) is 0 Å². The number of carbonyl (C=O) groups excluding carboxylic acids is 2. The van der Waals surface area contributed by atoms with Gasteiger partial charge in [-0.15, -0.1) is 0 Å². The number of dihydropyridines is 1. The lowest BCUT2D eigenvalue weighted by molar-refractivity contribution is -0.137. The van der Waals surface area contributed by atoms with E-state index in [2.05, 4.69) is 10.3 Å². The van der Waals surface area contributed by atoms with Crippen LogP contribution in [0.15, 0.2) is 40.9 Å². The molecule has 2 aliphatic heterocycles. The van der Waals surface area contributed by atoms with Crippen molar-refractivity contribution < 1.29 is 22.8 Å². The minimum atomic E-state index is -4.51. The number of benzene rings is 1. The summed E-state index contributed by atoms with van der Waals surface area (Å²) < 4.78 is 38.7. The fourth-order valence-electron chi connectivity index (χ4n) is 3.36. The van der Waals surface area contributed by atoms with Crippen LogP contribution >= 0.6 is 0 Å². The largest absolute Gasteiger partial charge is 0.416 e. The zero-order valence-electron chi connectivity index (χ0n) is 15.1. The molecule has 2 amide bonds. The number of piperidine rings is 1. The normalized spacial score (nSPS) is 23.2. The Bertz CT molecular complexity index is 814. The Hall–Kier alpha value is -2.68. The molecule has 6 nitrogen and oxygen atoms in total. The molecule has 0 aliphatic carbocycles. The Morgan fingerprint density at radius 1 is 1.18 bits per heavy atom. The Morgan fingerprint density at radius 3 is 2.54 bits per heavy atom. The van der Waals surface area contributed by atoms with Gasteiger partial charge in [-0.25, -0.2) is 0 Å². The second kappa shape index (κ2) is 8.14. The second-order valence-electron chi connectivity index (χ2n) is 6.85. The quantitative estimate of drug-likeness (QED) is 0.823. The number of hydrogen-bond donors (Lipinski definition) is 2. The molecule has 1 aromatic carbocycles. The van der Waals surface area contributed by atoms with Crippen molar-refractivity contribution in [3.8, 4) is 0 Å². The van der Waals surface area contributed by atoms with Gasteiger partial charge >= 0.3 is 6.18 Å². The highest BCUT2D eigenvalue weighted by Crippen LogP contribution is 2.31. The Morgan fingerprint density at radius 2 is 1.89 bits per heavy atom. The van der Waals surface area contributed by atoms with Crippen LogP contribution in [0.2, 0.25) is 0 Å². The van der Waals surface area contributed by atoms with E-state index < -0.39 is 35.6 Å². The summed E-state index contributed by atoms with van der Waals surface area (Å²) in [7, 11) is 0. The molecular formula is C19H21F3N4O2. The van der Waals surface area contributed by atoms with Gasteiger partial charge in [0, 0.05) is 25.0 Å². The first-order chi connectivity index (χ1) is 13.3. The first kappa shape index (κ1) is 20.1. The molecule has 0 bridgehead atoms. The fraction of sp³-hybridized carbons (Fsp3) is 0.421. The van der Waals surface area contributed by atoms with Gasteiger partial charge in [0.25, 0.3) is 5.91 Å². The topological polar surface area (TPSA) is 87.8 Å². The summed E-state index contributed by atoms with van der Waals surface area (Å²) in [5, 5.41) is 2.49. The van der Waals surface area contributed by atoms with Gasteiger partial charge in [0.1, 0.15) is 6.17 Å². The number of nitrogens with zero attached hydrogens (tertiary/aromatic N) is 2. The smallest absolute Gasteiger partial charge is 0.369 e. The van der Waals surface area contributed by atoms with E-state index in [4.69, 9.17) is 5.73 Å². The molecule has 150 valence electrons. The van der Waals surface area contributed by atoms with Crippen LogP contribution < -0.4 is 11.1 Å². The fourth-order valence-corrected chi connectivity index (χ4v) is 3.36. The number of alkyl halides is 3. The van der Waals surface area contributed by atoms with Crippen molar-refractivity contribution in [3.63, 3.8) is 0 Å². The molecule has 9 heteroatoms. The first-order valence-corrected chi connectivity index (χ1v) is 9.02. The number of primary amides is 1. The monoisotopic (exact) mass is 394 g/mol. The van der Waals surface area contributed by atoms with Gasteiger partial charge in [0.05, 0.1) is 17.1 Å². The van der Waals surface area contributed by atoms with Gasteiger partial charge in [0.15, 0.2) is 0 Å². The molecule has 0 aromatic heterocycles.